The maximum absolute atomic E-state index is 14.4. The number of thiazole rings is 1. The number of piperidine rings is 1. The molecule has 4 heterocycles. The molecule has 2 aliphatic rings. The fraction of sp³-hybridized carbons (Fsp3) is 0.370. The van der Waals surface area contributed by atoms with Crippen LogP contribution in [0.25, 0.3) is 27.0 Å². The first-order chi connectivity index (χ1) is 17.2. The van der Waals surface area contributed by atoms with Crippen molar-refractivity contribution in [2.24, 2.45) is 5.41 Å². The number of rotatable bonds is 4. The second kappa shape index (κ2) is 8.82. The van der Waals surface area contributed by atoms with Gasteiger partial charge in [0.1, 0.15) is 17.0 Å². The predicted molar refractivity (Wildman–Crippen MR) is 145 cm³/mol. The third-order valence-electron chi connectivity index (χ3n) is 7.29. The summed E-state index contributed by atoms with van der Waals surface area (Å²) in [4.78, 5) is 11.0. The highest BCUT2D eigenvalue weighted by Gasteiger charge is 2.43. The molecule has 1 fully saturated rings. The molecule has 1 spiro atoms. The smallest absolute Gasteiger partial charge is 0.186 e. The van der Waals surface area contributed by atoms with Crippen LogP contribution in [0.15, 0.2) is 35.1 Å². The van der Waals surface area contributed by atoms with Gasteiger partial charge in [0.05, 0.1) is 14.7 Å². The number of pyridine rings is 1. The molecule has 0 atom stereocenters. The van der Waals surface area contributed by atoms with Gasteiger partial charge in [0.2, 0.25) is 0 Å². The minimum Gasteiger partial charge on any atom is -0.360 e. The second-order valence-corrected chi connectivity index (χ2v) is 12.0. The average Bonchev–Trinajstić information content (AvgIpc) is 3.42. The number of anilines is 1. The van der Waals surface area contributed by atoms with E-state index < -0.39 is 0 Å². The monoisotopic (exact) mass is 542 g/mol. The van der Waals surface area contributed by atoms with Crippen LogP contribution < -0.4 is 4.90 Å². The molecule has 6 rings (SSSR count). The number of halogens is 3. The van der Waals surface area contributed by atoms with Crippen molar-refractivity contribution in [2.45, 2.75) is 46.0 Å². The van der Waals surface area contributed by atoms with Crippen LogP contribution in [0.2, 0.25) is 10.0 Å². The molecule has 0 saturated carbocycles. The fourth-order valence-electron chi connectivity index (χ4n) is 5.40. The van der Waals surface area contributed by atoms with Crippen LogP contribution in [-0.4, -0.2) is 28.2 Å². The van der Waals surface area contributed by atoms with Gasteiger partial charge in [-0.15, -0.1) is 0 Å². The van der Waals surface area contributed by atoms with Crippen LogP contribution >= 0.6 is 34.5 Å². The van der Waals surface area contributed by atoms with E-state index in [1.165, 1.54) is 5.57 Å². The molecule has 0 N–H and O–H groups in total. The first-order valence-corrected chi connectivity index (χ1v) is 13.6. The second-order valence-electron chi connectivity index (χ2n) is 10.2. The molecule has 186 valence electrons. The Bertz CT molecular complexity index is 1500. The molecule has 0 amide bonds. The molecule has 1 saturated heterocycles. The van der Waals surface area contributed by atoms with Gasteiger partial charge in [-0.1, -0.05) is 59.6 Å². The molecule has 1 aliphatic carbocycles. The van der Waals surface area contributed by atoms with E-state index in [0.29, 0.717) is 26.8 Å². The number of hydrogen-bond acceptors (Lipinski definition) is 6. The maximum Gasteiger partial charge on any atom is 0.186 e. The standard InChI is InChI=1S/C27H25Cl2FN4OS/c1-14(2)25-21(24(33-35-25)22-17(28)12-31-13-18(22)29)16-10-27(11-16)4-6-34(7-5-27)26-32-23-19(30)8-15(3)9-20(23)36-26/h8-10,12-14H,4-7,11H2,1-3H3. The van der Waals surface area contributed by atoms with Gasteiger partial charge in [-0.25, -0.2) is 9.37 Å². The van der Waals surface area contributed by atoms with Crippen molar-refractivity contribution in [3.05, 3.63) is 63.4 Å². The molecule has 3 aromatic heterocycles. The van der Waals surface area contributed by atoms with Gasteiger partial charge < -0.3 is 9.42 Å². The molecule has 0 bridgehead atoms. The number of aryl methyl sites for hydroxylation is 1. The number of hydrogen-bond donors (Lipinski definition) is 0. The van der Waals surface area contributed by atoms with E-state index in [9.17, 15) is 4.39 Å². The van der Waals surface area contributed by atoms with Gasteiger partial charge in [0.15, 0.2) is 10.9 Å². The van der Waals surface area contributed by atoms with Crippen molar-refractivity contribution in [3.63, 3.8) is 0 Å². The maximum atomic E-state index is 14.4. The lowest BCUT2D eigenvalue weighted by atomic mass is 9.63. The van der Waals surface area contributed by atoms with Crippen LogP contribution in [0.4, 0.5) is 9.52 Å². The molecular weight excluding hydrogens is 518 g/mol. The van der Waals surface area contributed by atoms with E-state index in [1.807, 2.05) is 13.0 Å². The fourth-order valence-corrected chi connectivity index (χ4v) is 7.07. The third kappa shape index (κ3) is 3.92. The van der Waals surface area contributed by atoms with Crippen molar-refractivity contribution in [1.82, 2.24) is 15.1 Å². The van der Waals surface area contributed by atoms with E-state index >= 15 is 0 Å². The van der Waals surface area contributed by atoms with Crippen molar-refractivity contribution in [3.8, 4) is 11.3 Å². The number of nitrogens with zero attached hydrogens (tertiary/aromatic N) is 4. The summed E-state index contributed by atoms with van der Waals surface area (Å²) in [5.74, 6) is 0.773. The number of allylic oxidation sites excluding steroid dienone is 2. The van der Waals surface area contributed by atoms with Crippen molar-refractivity contribution < 1.29 is 8.91 Å². The van der Waals surface area contributed by atoms with E-state index in [4.69, 9.17) is 27.7 Å². The number of aromatic nitrogens is 3. The Kier molecular flexibility index (Phi) is 5.85. The Morgan fingerprint density at radius 1 is 1.11 bits per heavy atom. The Hall–Kier alpha value is -2.48. The van der Waals surface area contributed by atoms with Gasteiger partial charge in [0, 0.05) is 42.5 Å². The quantitative estimate of drug-likeness (QED) is 0.259. The molecular formula is C27H25Cl2FN4OS. The van der Waals surface area contributed by atoms with Crippen molar-refractivity contribution in [1.29, 1.82) is 0 Å². The van der Waals surface area contributed by atoms with Crippen LogP contribution in [0.5, 0.6) is 0 Å². The van der Waals surface area contributed by atoms with E-state index in [-0.39, 0.29) is 17.2 Å². The molecule has 9 heteroatoms. The first kappa shape index (κ1) is 23.9. The summed E-state index contributed by atoms with van der Waals surface area (Å²) >= 11 is 14.5. The van der Waals surface area contributed by atoms with E-state index in [2.05, 4.69) is 39.9 Å². The summed E-state index contributed by atoms with van der Waals surface area (Å²) in [6.45, 7) is 7.88. The van der Waals surface area contributed by atoms with Crippen molar-refractivity contribution >= 4 is 55.5 Å². The summed E-state index contributed by atoms with van der Waals surface area (Å²) < 4.78 is 21.1. The van der Waals surface area contributed by atoms with Gasteiger partial charge in [-0.3, -0.25) is 4.98 Å². The summed E-state index contributed by atoms with van der Waals surface area (Å²) in [6.07, 6.45) is 8.53. The van der Waals surface area contributed by atoms with Crippen LogP contribution in [0.1, 0.15) is 55.9 Å². The van der Waals surface area contributed by atoms with Gasteiger partial charge in [-0.2, -0.15) is 0 Å². The highest BCUT2D eigenvalue weighted by atomic mass is 35.5. The van der Waals surface area contributed by atoms with Gasteiger partial charge >= 0.3 is 0 Å². The Labute approximate surface area is 222 Å². The van der Waals surface area contributed by atoms with Gasteiger partial charge in [-0.05, 0) is 54.9 Å². The Morgan fingerprint density at radius 2 is 1.81 bits per heavy atom. The number of fused-ring (bicyclic) bond motifs is 1. The minimum absolute atomic E-state index is 0.138. The summed E-state index contributed by atoms with van der Waals surface area (Å²) in [5, 5.41) is 6.21. The Balaban J connectivity index is 1.27. The van der Waals surface area contributed by atoms with Crippen molar-refractivity contribution in [2.75, 3.05) is 18.0 Å². The summed E-state index contributed by atoms with van der Waals surface area (Å²) in [5.41, 5.74) is 5.11. The SMILES string of the molecule is Cc1cc(F)c2nc(N3CCC4(C=C(c5c(-c6c(Cl)cncc6Cl)noc5C(C)C)C4)CC3)sc2c1. The highest BCUT2D eigenvalue weighted by Crippen LogP contribution is 2.54. The third-order valence-corrected chi connectivity index (χ3v) is 8.92. The van der Waals surface area contributed by atoms with E-state index in [0.717, 1.165) is 59.1 Å². The lowest BCUT2D eigenvalue weighted by molar-refractivity contribution is 0.277. The molecule has 5 nitrogen and oxygen atoms in total. The minimum atomic E-state index is -0.243. The normalized spacial score (nSPS) is 17.2. The lowest BCUT2D eigenvalue weighted by Gasteiger charge is -2.46. The topological polar surface area (TPSA) is 55.1 Å². The Morgan fingerprint density at radius 3 is 2.47 bits per heavy atom. The van der Waals surface area contributed by atoms with Crippen LogP contribution in [0, 0.1) is 18.2 Å². The lowest BCUT2D eigenvalue weighted by Crippen LogP contribution is -2.42. The van der Waals surface area contributed by atoms with Crippen LogP contribution in [0.3, 0.4) is 0 Å². The van der Waals surface area contributed by atoms with Crippen LogP contribution in [-0.2, 0) is 0 Å². The van der Waals surface area contributed by atoms with E-state index in [1.54, 1.807) is 29.8 Å². The summed E-state index contributed by atoms with van der Waals surface area (Å²) in [7, 11) is 0. The molecule has 0 radical (unpaired) electrons. The molecule has 0 unspecified atom stereocenters. The summed E-state index contributed by atoms with van der Waals surface area (Å²) in [6, 6.07) is 3.56. The molecule has 4 aromatic rings. The number of benzene rings is 1. The van der Waals surface area contributed by atoms with Gasteiger partial charge in [0.25, 0.3) is 0 Å². The largest absolute Gasteiger partial charge is 0.360 e. The first-order valence-electron chi connectivity index (χ1n) is 12.1. The highest BCUT2D eigenvalue weighted by molar-refractivity contribution is 7.22. The zero-order valence-electron chi connectivity index (χ0n) is 20.2. The zero-order valence-corrected chi connectivity index (χ0v) is 22.6. The molecule has 1 aliphatic heterocycles. The molecule has 36 heavy (non-hydrogen) atoms. The average molecular weight is 543 g/mol. The molecule has 1 aromatic carbocycles. The predicted octanol–water partition coefficient (Wildman–Crippen LogP) is 8.30. The zero-order chi connectivity index (χ0) is 25.2.